The van der Waals surface area contributed by atoms with Gasteiger partial charge in [-0.15, -0.1) is 0 Å². The average Bonchev–Trinajstić information content (AvgIpc) is 2.53. The number of carbonyl (C=O) groups excluding carboxylic acids is 1. The second-order valence-electron chi connectivity index (χ2n) is 6.40. The zero-order valence-corrected chi connectivity index (χ0v) is 12.4. The molecule has 0 saturated heterocycles. The van der Waals surface area contributed by atoms with Crippen LogP contribution in [0, 0.1) is 11.8 Å². The van der Waals surface area contributed by atoms with Crippen molar-refractivity contribution in [1.82, 2.24) is 10.6 Å². The first kappa shape index (κ1) is 15.3. The highest BCUT2D eigenvalue weighted by molar-refractivity contribution is 5.67. The van der Waals surface area contributed by atoms with Crippen LogP contribution in [0.25, 0.3) is 0 Å². The highest BCUT2D eigenvalue weighted by atomic mass is 16.6. The maximum atomic E-state index is 11.4. The van der Waals surface area contributed by atoms with E-state index in [1.165, 1.54) is 12.8 Å². The molecule has 3 atom stereocenters. The zero-order chi connectivity index (χ0) is 13.8. The Morgan fingerprint density at radius 3 is 2.39 bits per heavy atom. The Morgan fingerprint density at radius 2 is 1.89 bits per heavy atom. The first-order chi connectivity index (χ1) is 8.29. The molecule has 0 bridgehead atoms. The van der Waals surface area contributed by atoms with Crippen molar-refractivity contribution in [3.8, 4) is 0 Å². The minimum absolute atomic E-state index is 0.336. The summed E-state index contributed by atoms with van der Waals surface area (Å²) < 4.78 is 5.17. The van der Waals surface area contributed by atoms with Gasteiger partial charge in [0.25, 0.3) is 0 Å². The molecular weight excluding hydrogens is 228 g/mol. The van der Waals surface area contributed by atoms with E-state index in [-0.39, 0.29) is 6.09 Å². The number of alkyl carbamates (subject to hydrolysis) is 1. The molecule has 4 nitrogen and oxygen atoms in total. The van der Waals surface area contributed by atoms with Crippen LogP contribution in [0.1, 0.15) is 47.5 Å². The zero-order valence-electron chi connectivity index (χ0n) is 12.4. The van der Waals surface area contributed by atoms with Crippen molar-refractivity contribution in [3.63, 3.8) is 0 Å². The SMILES string of the molecule is CC1CCC(NCCNC(=O)OC(C)(C)C)C1C. The first-order valence-corrected chi connectivity index (χ1v) is 7.00. The quantitative estimate of drug-likeness (QED) is 0.760. The minimum atomic E-state index is -0.424. The monoisotopic (exact) mass is 256 g/mol. The van der Waals surface area contributed by atoms with Crippen molar-refractivity contribution in [2.75, 3.05) is 13.1 Å². The number of hydrogen-bond acceptors (Lipinski definition) is 3. The van der Waals surface area contributed by atoms with Crippen molar-refractivity contribution in [2.45, 2.75) is 59.1 Å². The summed E-state index contributed by atoms with van der Waals surface area (Å²) in [5, 5.41) is 6.28. The smallest absolute Gasteiger partial charge is 0.407 e. The topological polar surface area (TPSA) is 50.4 Å². The summed E-state index contributed by atoms with van der Waals surface area (Å²) in [7, 11) is 0. The Kier molecular flexibility index (Phi) is 5.45. The molecule has 0 radical (unpaired) electrons. The maximum absolute atomic E-state index is 11.4. The van der Waals surface area contributed by atoms with E-state index in [2.05, 4.69) is 24.5 Å². The molecule has 1 aliphatic rings. The van der Waals surface area contributed by atoms with Gasteiger partial charge in [0.05, 0.1) is 0 Å². The molecule has 4 heteroatoms. The van der Waals surface area contributed by atoms with E-state index in [0.29, 0.717) is 12.6 Å². The van der Waals surface area contributed by atoms with Gasteiger partial charge in [-0.2, -0.15) is 0 Å². The van der Waals surface area contributed by atoms with E-state index >= 15 is 0 Å². The van der Waals surface area contributed by atoms with E-state index in [0.717, 1.165) is 18.4 Å². The van der Waals surface area contributed by atoms with E-state index < -0.39 is 5.60 Å². The van der Waals surface area contributed by atoms with E-state index in [9.17, 15) is 4.79 Å². The lowest BCUT2D eigenvalue weighted by atomic mass is 9.98. The van der Waals surface area contributed by atoms with E-state index in [4.69, 9.17) is 4.74 Å². The van der Waals surface area contributed by atoms with Gasteiger partial charge in [0.2, 0.25) is 0 Å². The van der Waals surface area contributed by atoms with Crippen LogP contribution in [0.3, 0.4) is 0 Å². The molecule has 0 heterocycles. The predicted octanol–water partition coefficient (Wildman–Crippen LogP) is 2.54. The molecule has 0 aromatic heterocycles. The molecule has 1 rings (SSSR count). The van der Waals surface area contributed by atoms with Gasteiger partial charge in [0, 0.05) is 19.1 Å². The molecule has 0 aliphatic heterocycles. The molecule has 1 saturated carbocycles. The average molecular weight is 256 g/mol. The first-order valence-electron chi connectivity index (χ1n) is 7.00. The molecule has 1 aliphatic carbocycles. The Hall–Kier alpha value is -0.770. The predicted molar refractivity (Wildman–Crippen MR) is 73.6 cm³/mol. The largest absolute Gasteiger partial charge is 0.444 e. The Bertz CT molecular complexity index is 273. The molecule has 106 valence electrons. The molecular formula is C14H28N2O2. The normalized spacial score (nSPS) is 28.2. The molecule has 0 aromatic rings. The second-order valence-corrected chi connectivity index (χ2v) is 6.40. The van der Waals surface area contributed by atoms with Gasteiger partial charge >= 0.3 is 6.09 Å². The van der Waals surface area contributed by atoms with Gasteiger partial charge < -0.3 is 15.4 Å². The van der Waals surface area contributed by atoms with Crippen LogP contribution in [0.5, 0.6) is 0 Å². The molecule has 0 spiro atoms. The van der Waals surface area contributed by atoms with Gasteiger partial charge in [-0.3, -0.25) is 0 Å². The fourth-order valence-electron chi connectivity index (χ4n) is 2.39. The molecule has 0 aromatic carbocycles. The summed E-state index contributed by atoms with van der Waals surface area (Å²) >= 11 is 0. The van der Waals surface area contributed by atoms with Crippen LogP contribution in [0.2, 0.25) is 0 Å². The summed E-state index contributed by atoms with van der Waals surface area (Å²) in [4.78, 5) is 11.4. The molecule has 3 unspecified atom stereocenters. The Labute approximate surface area is 111 Å². The second kappa shape index (κ2) is 6.41. The lowest BCUT2D eigenvalue weighted by Gasteiger charge is -2.21. The molecule has 2 N–H and O–H groups in total. The van der Waals surface area contributed by atoms with Crippen LogP contribution >= 0.6 is 0 Å². The minimum Gasteiger partial charge on any atom is -0.444 e. The summed E-state index contributed by atoms with van der Waals surface area (Å²) in [6, 6.07) is 0.598. The van der Waals surface area contributed by atoms with Gasteiger partial charge in [-0.25, -0.2) is 4.79 Å². The number of rotatable bonds is 4. The van der Waals surface area contributed by atoms with Crippen molar-refractivity contribution < 1.29 is 9.53 Å². The van der Waals surface area contributed by atoms with Crippen LogP contribution in [0.4, 0.5) is 4.79 Å². The Morgan fingerprint density at radius 1 is 1.22 bits per heavy atom. The summed E-state index contributed by atoms with van der Waals surface area (Å²) in [6.45, 7) is 11.6. The molecule has 1 amide bonds. The van der Waals surface area contributed by atoms with Crippen LogP contribution in [-0.2, 0) is 4.74 Å². The van der Waals surface area contributed by atoms with Crippen molar-refractivity contribution in [2.24, 2.45) is 11.8 Å². The van der Waals surface area contributed by atoms with Gasteiger partial charge in [0.1, 0.15) is 5.60 Å². The number of amides is 1. The summed E-state index contributed by atoms with van der Waals surface area (Å²) in [6.07, 6.45) is 2.21. The summed E-state index contributed by atoms with van der Waals surface area (Å²) in [5.41, 5.74) is -0.424. The van der Waals surface area contributed by atoms with Crippen LogP contribution < -0.4 is 10.6 Å². The molecule has 1 fully saturated rings. The van der Waals surface area contributed by atoms with Crippen LogP contribution in [-0.4, -0.2) is 30.8 Å². The van der Waals surface area contributed by atoms with Crippen molar-refractivity contribution >= 4 is 6.09 Å². The Balaban J connectivity index is 2.10. The number of ether oxygens (including phenoxy) is 1. The summed E-state index contributed by atoms with van der Waals surface area (Å²) in [5.74, 6) is 1.54. The molecule has 18 heavy (non-hydrogen) atoms. The van der Waals surface area contributed by atoms with Crippen LogP contribution in [0.15, 0.2) is 0 Å². The highest BCUT2D eigenvalue weighted by Gasteiger charge is 2.28. The number of nitrogens with one attached hydrogen (secondary N) is 2. The fourth-order valence-corrected chi connectivity index (χ4v) is 2.39. The third-order valence-electron chi connectivity index (χ3n) is 3.67. The lowest BCUT2D eigenvalue weighted by molar-refractivity contribution is 0.0528. The lowest BCUT2D eigenvalue weighted by Crippen LogP contribution is -2.40. The number of hydrogen-bond donors (Lipinski definition) is 2. The van der Waals surface area contributed by atoms with Gasteiger partial charge in [0.15, 0.2) is 0 Å². The van der Waals surface area contributed by atoms with Gasteiger partial charge in [-0.05, 0) is 45.4 Å². The number of carbonyl (C=O) groups is 1. The third kappa shape index (κ3) is 5.25. The van der Waals surface area contributed by atoms with Crippen molar-refractivity contribution in [3.05, 3.63) is 0 Å². The van der Waals surface area contributed by atoms with E-state index in [1.54, 1.807) is 0 Å². The highest BCUT2D eigenvalue weighted by Crippen LogP contribution is 2.30. The van der Waals surface area contributed by atoms with Crippen molar-refractivity contribution in [1.29, 1.82) is 0 Å². The maximum Gasteiger partial charge on any atom is 0.407 e. The van der Waals surface area contributed by atoms with E-state index in [1.807, 2.05) is 20.8 Å². The third-order valence-corrected chi connectivity index (χ3v) is 3.67. The fraction of sp³-hybridized carbons (Fsp3) is 0.929. The standard InChI is InChI=1S/C14H28N2O2/c1-10-6-7-12(11(10)2)15-8-9-16-13(17)18-14(3,4)5/h10-12,15H,6-9H2,1-5H3,(H,16,17). The van der Waals surface area contributed by atoms with Gasteiger partial charge in [-0.1, -0.05) is 13.8 Å².